The number of anilines is 2. The van der Waals surface area contributed by atoms with Crippen molar-refractivity contribution in [3.05, 3.63) is 48.5 Å². The molecular formula is C13H13N3OS. The number of hydrogen-bond donors (Lipinski definition) is 3. The molecule has 0 spiro atoms. The lowest BCUT2D eigenvalue weighted by atomic mass is 10.2. The average Bonchev–Trinajstić information content (AvgIpc) is 2.34. The molecule has 2 aromatic carbocycles. The Kier molecular flexibility index (Phi) is 3.64. The third-order valence-electron chi connectivity index (χ3n) is 2.26. The van der Waals surface area contributed by atoms with Crippen molar-refractivity contribution in [1.29, 1.82) is 0 Å². The van der Waals surface area contributed by atoms with Crippen LogP contribution < -0.4 is 21.5 Å². The van der Waals surface area contributed by atoms with Gasteiger partial charge in [0.15, 0.2) is 5.11 Å². The van der Waals surface area contributed by atoms with E-state index in [0.717, 1.165) is 5.75 Å². The molecule has 0 amide bonds. The van der Waals surface area contributed by atoms with Crippen molar-refractivity contribution in [2.24, 2.45) is 5.73 Å². The van der Waals surface area contributed by atoms with E-state index in [0.29, 0.717) is 17.1 Å². The summed E-state index contributed by atoms with van der Waals surface area (Å²) in [7, 11) is 0. The maximum absolute atomic E-state index is 5.80. The van der Waals surface area contributed by atoms with Crippen LogP contribution in [0.2, 0.25) is 0 Å². The maximum atomic E-state index is 5.80. The van der Waals surface area contributed by atoms with E-state index in [4.69, 9.17) is 28.4 Å². The molecule has 5 heteroatoms. The highest BCUT2D eigenvalue weighted by molar-refractivity contribution is 7.80. The number of ether oxygens (including phenoxy) is 1. The van der Waals surface area contributed by atoms with Crippen molar-refractivity contribution in [2.45, 2.75) is 0 Å². The minimum absolute atomic E-state index is 0.165. The molecule has 4 nitrogen and oxygen atoms in total. The Bertz CT molecular complexity index is 557. The SMILES string of the molecule is NC(=S)Nc1cc(Oc2ccccc2)ccc1N. The van der Waals surface area contributed by atoms with Gasteiger partial charge in [0.2, 0.25) is 0 Å². The van der Waals surface area contributed by atoms with Gasteiger partial charge in [-0.15, -0.1) is 0 Å². The number of thiocarbonyl (C=S) groups is 1. The molecule has 0 heterocycles. The quantitative estimate of drug-likeness (QED) is 0.584. The molecular weight excluding hydrogens is 246 g/mol. The summed E-state index contributed by atoms with van der Waals surface area (Å²) in [5.74, 6) is 1.41. The van der Waals surface area contributed by atoms with E-state index >= 15 is 0 Å². The highest BCUT2D eigenvalue weighted by Crippen LogP contribution is 2.28. The minimum Gasteiger partial charge on any atom is -0.457 e. The van der Waals surface area contributed by atoms with Crippen LogP contribution >= 0.6 is 12.2 Å². The monoisotopic (exact) mass is 259 g/mol. The summed E-state index contributed by atoms with van der Waals surface area (Å²) < 4.78 is 5.68. The summed E-state index contributed by atoms with van der Waals surface area (Å²) in [6.45, 7) is 0. The van der Waals surface area contributed by atoms with Crippen LogP contribution in [0.4, 0.5) is 11.4 Å². The average molecular weight is 259 g/mol. The first kappa shape index (κ1) is 12.2. The second-order valence-corrected chi connectivity index (χ2v) is 4.09. The molecule has 0 aliphatic carbocycles. The predicted molar refractivity (Wildman–Crippen MR) is 77.8 cm³/mol. The van der Waals surface area contributed by atoms with Crippen molar-refractivity contribution in [3.8, 4) is 11.5 Å². The van der Waals surface area contributed by atoms with Crippen LogP contribution in [-0.2, 0) is 0 Å². The van der Waals surface area contributed by atoms with Gasteiger partial charge < -0.3 is 21.5 Å². The molecule has 0 atom stereocenters. The first-order valence-corrected chi connectivity index (χ1v) is 5.75. The first-order chi connectivity index (χ1) is 8.65. The van der Waals surface area contributed by atoms with E-state index in [1.807, 2.05) is 30.3 Å². The predicted octanol–water partition coefficient (Wildman–Crippen LogP) is 2.72. The summed E-state index contributed by atoms with van der Waals surface area (Å²) in [6, 6.07) is 14.7. The fourth-order valence-corrected chi connectivity index (χ4v) is 1.57. The van der Waals surface area contributed by atoms with Crippen LogP contribution in [0, 0.1) is 0 Å². The summed E-state index contributed by atoms with van der Waals surface area (Å²) in [5.41, 5.74) is 12.4. The molecule has 0 bridgehead atoms. The van der Waals surface area contributed by atoms with Gasteiger partial charge in [-0.2, -0.15) is 0 Å². The number of benzene rings is 2. The van der Waals surface area contributed by atoms with E-state index in [2.05, 4.69) is 5.32 Å². The minimum atomic E-state index is 0.165. The molecule has 0 saturated carbocycles. The van der Waals surface area contributed by atoms with Crippen molar-refractivity contribution in [1.82, 2.24) is 0 Å². The number of nitrogen functional groups attached to an aromatic ring is 1. The summed E-state index contributed by atoms with van der Waals surface area (Å²) in [4.78, 5) is 0. The second kappa shape index (κ2) is 5.37. The largest absolute Gasteiger partial charge is 0.457 e. The highest BCUT2D eigenvalue weighted by atomic mass is 32.1. The smallest absolute Gasteiger partial charge is 0.168 e. The fraction of sp³-hybridized carbons (Fsp3) is 0. The highest BCUT2D eigenvalue weighted by Gasteiger charge is 2.03. The van der Waals surface area contributed by atoms with Gasteiger partial charge in [-0.1, -0.05) is 18.2 Å². The Balaban J connectivity index is 2.22. The summed E-state index contributed by atoms with van der Waals surface area (Å²) >= 11 is 4.78. The van der Waals surface area contributed by atoms with E-state index in [1.54, 1.807) is 18.2 Å². The number of nitrogens with two attached hydrogens (primary N) is 2. The molecule has 0 aliphatic heterocycles. The van der Waals surface area contributed by atoms with Gasteiger partial charge in [0.1, 0.15) is 11.5 Å². The zero-order chi connectivity index (χ0) is 13.0. The molecule has 5 N–H and O–H groups in total. The van der Waals surface area contributed by atoms with Gasteiger partial charge in [-0.25, -0.2) is 0 Å². The molecule has 18 heavy (non-hydrogen) atoms. The van der Waals surface area contributed by atoms with Gasteiger partial charge in [-0.05, 0) is 36.5 Å². The van der Waals surface area contributed by atoms with E-state index in [9.17, 15) is 0 Å². The topological polar surface area (TPSA) is 73.3 Å². The molecule has 0 radical (unpaired) electrons. The van der Waals surface area contributed by atoms with Crippen LogP contribution in [0.25, 0.3) is 0 Å². The molecule has 2 aromatic rings. The van der Waals surface area contributed by atoms with Crippen molar-refractivity contribution in [2.75, 3.05) is 11.1 Å². The van der Waals surface area contributed by atoms with Gasteiger partial charge in [-0.3, -0.25) is 0 Å². The Hall–Kier alpha value is -2.27. The van der Waals surface area contributed by atoms with Crippen molar-refractivity contribution < 1.29 is 4.74 Å². The Morgan fingerprint density at radius 2 is 1.78 bits per heavy atom. The molecule has 2 rings (SSSR count). The normalized spacial score (nSPS) is 9.78. The molecule has 0 aromatic heterocycles. The van der Waals surface area contributed by atoms with E-state index in [-0.39, 0.29) is 5.11 Å². The van der Waals surface area contributed by atoms with Gasteiger partial charge in [0.05, 0.1) is 11.4 Å². The number of para-hydroxylation sites is 1. The van der Waals surface area contributed by atoms with Gasteiger partial charge in [0.25, 0.3) is 0 Å². The maximum Gasteiger partial charge on any atom is 0.168 e. The molecule has 0 fully saturated rings. The van der Waals surface area contributed by atoms with E-state index in [1.165, 1.54) is 0 Å². The van der Waals surface area contributed by atoms with Crippen LogP contribution in [0.15, 0.2) is 48.5 Å². The third kappa shape index (κ3) is 3.11. The standard InChI is InChI=1S/C13H13N3OS/c14-11-7-6-10(8-12(11)16-13(15)18)17-9-4-2-1-3-5-9/h1-8H,14H2,(H3,15,16,18). The fourth-order valence-electron chi connectivity index (χ4n) is 1.46. The third-order valence-corrected chi connectivity index (χ3v) is 2.36. The van der Waals surface area contributed by atoms with Gasteiger partial charge in [0, 0.05) is 6.07 Å². The van der Waals surface area contributed by atoms with Crippen LogP contribution in [0.1, 0.15) is 0 Å². The first-order valence-electron chi connectivity index (χ1n) is 5.34. The number of rotatable bonds is 3. The lowest BCUT2D eigenvalue weighted by Crippen LogP contribution is -2.19. The number of nitrogens with one attached hydrogen (secondary N) is 1. The zero-order valence-electron chi connectivity index (χ0n) is 9.59. The Morgan fingerprint density at radius 3 is 2.44 bits per heavy atom. The van der Waals surface area contributed by atoms with Crippen molar-refractivity contribution in [3.63, 3.8) is 0 Å². The molecule has 92 valence electrons. The van der Waals surface area contributed by atoms with Crippen molar-refractivity contribution >= 4 is 28.7 Å². The second-order valence-electron chi connectivity index (χ2n) is 3.65. The summed E-state index contributed by atoms with van der Waals surface area (Å²) in [6.07, 6.45) is 0. The summed E-state index contributed by atoms with van der Waals surface area (Å²) in [5, 5.41) is 2.97. The molecule has 0 unspecified atom stereocenters. The molecule has 0 saturated heterocycles. The lowest BCUT2D eigenvalue weighted by molar-refractivity contribution is 0.483. The lowest BCUT2D eigenvalue weighted by Gasteiger charge is -2.10. The number of hydrogen-bond acceptors (Lipinski definition) is 3. The Morgan fingerprint density at radius 1 is 1.06 bits per heavy atom. The van der Waals surface area contributed by atoms with Gasteiger partial charge >= 0.3 is 0 Å². The Labute approximate surface area is 111 Å². The van der Waals surface area contributed by atoms with Crippen LogP contribution in [-0.4, -0.2) is 5.11 Å². The molecule has 0 aliphatic rings. The van der Waals surface area contributed by atoms with Crippen LogP contribution in [0.3, 0.4) is 0 Å². The zero-order valence-corrected chi connectivity index (χ0v) is 10.4. The van der Waals surface area contributed by atoms with E-state index < -0.39 is 0 Å². The van der Waals surface area contributed by atoms with Crippen LogP contribution in [0.5, 0.6) is 11.5 Å².